The van der Waals surface area contributed by atoms with Gasteiger partial charge in [0.1, 0.15) is 12.7 Å². The molecule has 28 heavy (non-hydrogen) atoms. The maximum atomic E-state index is 12.6. The number of thioether (sulfide) groups is 1. The molecule has 0 aliphatic rings. The van der Waals surface area contributed by atoms with Crippen LogP contribution in [0.25, 0.3) is 5.69 Å². The maximum absolute atomic E-state index is 12.6. The lowest BCUT2D eigenvalue weighted by molar-refractivity contribution is -0.113. The van der Waals surface area contributed by atoms with E-state index in [0.717, 1.165) is 23.1 Å². The normalized spacial score (nSPS) is 11.2. The highest BCUT2D eigenvalue weighted by Gasteiger charge is 2.15. The van der Waals surface area contributed by atoms with Gasteiger partial charge in [-0.3, -0.25) is 4.79 Å². The molecule has 0 atom stereocenters. The summed E-state index contributed by atoms with van der Waals surface area (Å²) in [6.45, 7) is 9.26. The Kier molecular flexibility index (Phi) is 6.41. The number of nitrogens with zero attached hydrogens (tertiary/aromatic N) is 5. The highest BCUT2D eigenvalue weighted by atomic mass is 35.5. The first-order valence-electron chi connectivity index (χ1n) is 8.96. The third-order valence-corrected chi connectivity index (χ3v) is 5.41. The number of anilines is 1. The van der Waals surface area contributed by atoms with Gasteiger partial charge in [0.05, 0.1) is 22.8 Å². The molecule has 7 nitrogen and oxygen atoms in total. The first-order chi connectivity index (χ1) is 13.3. The molecule has 3 rings (SSSR count). The molecule has 0 unspecified atom stereocenters. The van der Waals surface area contributed by atoms with Crippen molar-refractivity contribution in [3.05, 3.63) is 47.3 Å². The number of carbonyl (C=O) groups excluding carboxylic acids is 1. The van der Waals surface area contributed by atoms with E-state index in [9.17, 15) is 4.79 Å². The molecule has 0 saturated carbocycles. The van der Waals surface area contributed by atoms with E-state index in [1.165, 1.54) is 18.1 Å². The van der Waals surface area contributed by atoms with Gasteiger partial charge in [-0.25, -0.2) is 14.6 Å². The smallest absolute Gasteiger partial charge is 0.234 e. The van der Waals surface area contributed by atoms with E-state index in [1.54, 1.807) is 29.2 Å². The van der Waals surface area contributed by atoms with Gasteiger partial charge in [-0.15, -0.1) is 0 Å². The zero-order valence-corrected chi connectivity index (χ0v) is 17.9. The number of amides is 1. The highest BCUT2D eigenvalue weighted by molar-refractivity contribution is 7.99. The molecule has 1 N–H and O–H groups in total. The molecule has 148 valence electrons. The van der Waals surface area contributed by atoms with Crippen LogP contribution >= 0.6 is 23.4 Å². The van der Waals surface area contributed by atoms with Crippen molar-refractivity contribution in [3.63, 3.8) is 0 Å². The van der Waals surface area contributed by atoms with Crippen LogP contribution in [-0.2, 0) is 11.3 Å². The lowest BCUT2D eigenvalue weighted by Gasteiger charge is -2.13. The topological polar surface area (TPSA) is 77.6 Å². The minimum absolute atomic E-state index is 0.136. The van der Waals surface area contributed by atoms with Crippen LogP contribution in [0.1, 0.15) is 25.2 Å². The van der Waals surface area contributed by atoms with Crippen molar-refractivity contribution in [1.82, 2.24) is 24.3 Å². The number of nitrogens with one attached hydrogen (secondary N) is 1. The molecular weight excluding hydrogens is 396 g/mol. The fraction of sp³-hybridized carbons (Fsp3) is 0.368. The van der Waals surface area contributed by atoms with Crippen LogP contribution in [0, 0.1) is 19.8 Å². The summed E-state index contributed by atoms with van der Waals surface area (Å²) in [5.74, 6) is 0.609. The van der Waals surface area contributed by atoms with Crippen molar-refractivity contribution in [2.45, 2.75) is 39.4 Å². The molecule has 0 aliphatic carbocycles. The summed E-state index contributed by atoms with van der Waals surface area (Å²) in [5, 5.41) is 8.44. The molecular formula is C19H23ClN6OS. The van der Waals surface area contributed by atoms with Crippen molar-refractivity contribution < 1.29 is 4.79 Å². The quantitative estimate of drug-likeness (QED) is 0.584. The molecule has 3 aromatic rings. The Bertz CT molecular complexity index is 967. The molecule has 2 heterocycles. The predicted octanol–water partition coefficient (Wildman–Crippen LogP) is 4.12. The van der Waals surface area contributed by atoms with E-state index < -0.39 is 0 Å². The summed E-state index contributed by atoms with van der Waals surface area (Å²) >= 11 is 7.54. The first kappa shape index (κ1) is 20.4. The average Bonchev–Trinajstić information content (AvgIpc) is 3.24. The number of hydrogen-bond donors (Lipinski definition) is 1. The lowest BCUT2D eigenvalue weighted by atomic mass is 10.2. The number of rotatable bonds is 7. The van der Waals surface area contributed by atoms with Gasteiger partial charge in [-0.05, 0) is 38.0 Å². The third kappa shape index (κ3) is 4.74. The number of halogens is 1. The second kappa shape index (κ2) is 8.79. The zero-order chi connectivity index (χ0) is 20.3. The van der Waals surface area contributed by atoms with Crippen LogP contribution in [0.2, 0.25) is 5.02 Å². The number of carbonyl (C=O) groups is 1. The standard InChI is InChI=1S/C19H23ClN6OS/c1-12(2)8-25-14(4)13(3)23-19(25)28-9-18(27)24-16-7-15(20)5-6-17(16)26-11-21-10-22-26/h5-7,10-12H,8-9H2,1-4H3,(H,24,27). The van der Waals surface area contributed by atoms with E-state index in [2.05, 4.69) is 45.7 Å². The molecule has 9 heteroatoms. The van der Waals surface area contributed by atoms with Crippen LogP contribution in [0.5, 0.6) is 0 Å². The fourth-order valence-corrected chi connectivity index (χ4v) is 3.84. The monoisotopic (exact) mass is 418 g/mol. The minimum atomic E-state index is -0.136. The molecule has 0 spiro atoms. The zero-order valence-electron chi connectivity index (χ0n) is 16.3. The van der Waals surface area contributed by atoms with Crippen molar-refractivity contribution in [3.8, 4) is 5.69 Å². The summed E-state index contributed by atoms with van der Waals surface area (Å²) in [5.41, 5.74) is 3.42. The molecule has 1 aromatic carbocycles. The Morgan fingerprint density at radius 2 is 2.11 bits per heavy atom. The van der Waals surface area contributed by atoms with Gasteiger partial charge in [0.25, 0.3) is 0 Å². The van der Waals surface area contributed by atoms with E-state index in [0.29, 0.717) is 22.3 Å². The summed E-state index contributed by atoms with van der Waals surface area (Å²) in [4.78, 5) is 21.2. The van der Waals surface area contributed by atoms with Crippen LogP contribution in [-0.4, -0.2) is 36.0 Å². The van der Waals surface area contributed by atoms with Crippen molar-refractivity contribution >= 4 is 35.0 Å². The first-order valence-corrected chi connectivity index (χ1v) is 10.3. The van der Waals surface area contributed by atoms with Gasteiger partial charge in [0, 0.05) is 17.3 Å². The second-order valence-electron chi connectivity index (χ2n) is 6.91. The summed E-state index contributed by atoms with van der Waals surface area (Å²) in [7, 11) is 0. The summed E-state index contributed by atoms with van der Waals surface area (Å²) in [6, 6.07) is 5.24. The SMILES string of the molecule is Cc1nc(SCC(=O)Nc2cc(Cl)ccc2-n2cncn2)n(CC(C)C)c1C. The number of benzene rings is 1. The highest BCUT2D eigenvalue weighted by Crippen LogP contribution is 2.26. The largest absolute Gasteiger partial charge is 0.323 e. The third-order valence-electron chi connectivity index (χ3n) is 4.20. The molecule has 0 radical (unpaired) electrons. The summed E-state index contributed by atoms with van der Waals surface area (Å²) < 4.78 is 3.76. The number of aryl methyl sites for hydroxylation is 1. The Hall–Kier alpha value is -2.32. The number of hydrogen-bond acceptors (Lipinski definition) is 5. The van der Waals surface area contributed by atoms with E-state index in [4.69, 9.17) is 11.6 Å². The van der Waals surface area contributed by atoms with Crippen molar-refractivity contribution in [2.24, 2.45) is 5.92 Å². The predicted molar refractivity (Wildman–Crippen MR) is 112 cm³/mol. The minimum Gasteiger partial charge on any atom is -0.323 e. The van der Waals surface area contributed by atoms with Crippen LogP contribution in [0.3, 0.4) is 0 Å². The number of aromatic nitrogens is 5. The maximum Gasteiger partial charge on any atom is 0.234 e. The summed E-state index contributed by atoms with van der Waals surface area (Å²) in [6.07, 6.45) is 3.01. The van der Waals surface area contributed by atoms with Gasteiger partial charge >= 0.3 is 0 Å². The van der Waals surface area contributed by atoms with Crippen molar-refractivity contribution in [1.29, 1.82) is 0 Å². The van der Waals surface area contributed by atoms with Crippen molar-refractivity contribution in [2.75, 3.05) is 11.1 Å². The van der Waals surface area contributed by atoms with Crippen LogP contribution in [0.15, 0.2) is 36.0 Å². The molecule has 0 aliphatic heterocycles. The molecule has 0 fully saturated rings. The van der Waals surface area contributed by atoms with Gasteiger partial charge in [-0.2, -0.15) is 5.10 Å². The van der Waals surface area contributed by atoms with Gasteiger partial charge < -0.3 is 9.88 Å². The Balaban J connectivity index is 1.73. The van der Waals surface area contributed by atoms with Gasteiger partial charge in [-0.1, -0.05) is 37.2 Å². The van der Waals surface area contributed by atoms with Crippen LogP contribution < -0.4 is 5.32 Å². The number of imidazole rings is 1. The molecule has 0 bridgehead atoms. The molecule has 2 aromatic heterocycles. The fourth-order valence-electron chi connectivity index (χ4n) is 2.77. The lowest BCUT2D eigenvalue weighted by Crippen LogP contribution is -2.17. The van der Waals surface area contributed by atoms with E-state index in [1.807, 2.05) is 6.92 Å². The average molecular weight is 419 g/mol. The Morgan fingerprint density at radius 1 is 1.32 bits per heavy atom. The Morgan fingerprint density at radius 3 is 2.79 bits per heavy atom. The van der Waals surface area contributed by atoms with Gasteiger partial charge in [0.2, 0.25) is 5.91 Å². The van der Waals surface area contributed by atoms with E-state index >= 15 is 0 Å². The van der Waals surface area contributed by atoms with E-state index in [-0.39, 0.29) is 11.7 Å². The molecule has 0 saturated heterocycles. The van der Waals surface area contributed by atoms with Gasteiger partial charge in [0.15, 0.2) is 5.16 Å². The second-order valence-corrected chi connectivity index (χ2v) is 8.29. The molecule has 1 amide bonds. The Labute approximate surface area is 173 Å². The van der Waals surface area contributed by atoms with Crippen LogP contribution in [0.4, 0.5) is 5.69 Å².